The lowest BCUT2D eigenvalue weighted by Crippen LogP contribution is -2.05. The Labute approximate surface area is 91.0 Å². The van der Waals surface area contributed by atoms with Gasteiger partial charge in [-0.15, -0.1) is 11.6 Å². The minimum Gasteiger partial charge on any atom is -0.491 e. The van der Waals surface area contributed by atoms with Gasteiger partial charge in [-0.3, -0.25) is 0 Å². The van der Waals surface area contributed by atoms with Crippen LogP contribution in [-0.2, 0) is 0 Å². The van der Waals surface area contributed by atoms with Crippen molar-refractivity contribution in [3.05, 3.63) is 29.8 Å². The van der Waals surface area contributed by atoms with E-state index in [1.807, 2.05) is 26.0 Å². The number of benzene rings is 1. The van der Waals surface area contributed by atoms with Gasteiger partial charge in [0.1, 0.15) is 5.75 Å². The molecule has 0 saturated carbocycles. The van der Waals surface area contributed by atoms with Crippen molar-refractivity contribution < 1.29 is 4.74 Å². The number of hydrogen-bond acceptors (Lipinski definition) is 1. The molecule has 1 aromatic rings. The summed E-state index contributed by atoms with van der Waals surface area (Å²) in [5.74, 6) is 1.99. The summed E-state index contributed by atoms with van der Waals surface area (Å²) in [6, 6.07) is 8.15. The third-order valence-corrected chi connectivity index (χ3v) is 2.52. The zero-order chi connectivity index (χ0) is 10.6. The molecule has 0 spiro atoms. The molecular weight excluding hydrogens is 196 g/mol. The number of rotatable bonds is 4. The Morgan fingerprint density at radius 1 is 1.14 bits per heavy atom. The van der Waals surface area contributed by atoms with Crippen LogP contribution in [0.25, 0.3) is 0 Å². The lowest BCUT2D eigenvalue weighted by atomic mass is 10.0. The Bertz CT molecular complexity index is 266. The number of halogens is 1. The monoisotopic (exact) mass is 212 g/mol. The molecule has 0 aliphatic carbocycles. The number of alkyl halides is 1. The molecule has 0 aliphatic rings. The zero-order valence-corrected chi connectivity index (χ0v) is 9.71. The normalized spacial score (nSPS) is 12.9. The van der Waals surface area contributed by atoms with Gasteiger partial charge in [-0.1, -0.05) is 19.1 Å². The van der Waals surface area contributed by atoms with E-state index in [2.05, 4.69) is 19.1 Å². The summed E-state index contributed by atoms with van der Waals surface area (Å²) < 4.78 is 5.55. The molecular formula is C12H17ClO. The SMILES string of the molecule is CC(C)Oc1ccc(C(C)CCl)cc1. The van der Waals surface area contributed by atoms with Gasteiger partial charge in [0.2, 0.25) is 0 Å². The summed E-state index contributed by atoms with van der Waals surface area (Å²) in [6.45, 7) is 6.16. The van der Waals surface area contributed by atoms with Gasteiger partial charge in [0.05, 0.1) is 6.10 Å². The molecule has 1 aromatic carbocycles. The Morgan fingerprint density at radius 2 is 1.71 bits per heavy atom. The maximum absolute atomic E-state index is 5.78. The second-order valence-corrected chi connectivity index (χ2v) is 4.10. The van der Waals surface area contributed by atoms with Crippen LogP contribution in [0.3, 0.4) is 0 Å². The molecule has 1 rings (SSSR count). The first kappa shape index (κ1) is 11.4. The predicted molar refractivity (Wildman–Crippen MR) is 61.3 cm³/mol. The number of ether oxygens (including phenoxy) is 1. The Balaban J connectivity index is 2.68. The lowest BCUT2D eigenvalue weighted by Gasteiger charge is -2.12. The average molecular weight is 213 g/mol. The predicted octanol–water partition coefficient (Wildman–Crippen LogP) is 3.82. The summed E-state index contributed by atoms with van der Waals surface area (Å²) in [6.07, 6.45) is 0.228. The molecule has 78 valence electrons. The molecule has 0 radical (unpaired) electrons. The minimum absolute atomic E-state index is 0.228. The van der Waals surface area contributed by atoms with E-state index in [0.29, 0.717) is 11.8 Å². The molecule has 14 heavy (non-hydrogen) atoms. The molecule has 0 bridgehead atoms. The van der Waals surface area contributed by atoms with E-state index in [1.165, 1.54) is 5.56 Å². The van der Waals surface area contributed by atoms with Crippen molar-refractivity contribution in [2.45, 2.75) is 32.8 Å². The van der Waals surface area contributed by atoms with Crippen LogP contribution in [0.2, 0.25) is 0 Å². The van der Waals surface area contributed by atoms with Gasteiger partial charge in [-0.25, -0.2) is 0 Å². The van der Waals surface area contributed by atoms with Crippen molar-refractivity contribution in [1.82, 2.24) is 0 Å². The summed E-state index contributed by atoms with van der Waals surface area (Å²) in [4.78, 5) is 0. The molecule has 1 unspecified atom stereocenters. The third-order valence-electron chi connectivity index (χ3n) is 2.05. The summed E-state index contributed by atoms with van der Waals surface area (Å²) >= 11 is 5.78. The molecule has 0 saturated heterocycles. The third kappa shape index (κ3) is 3.22. The topological polar surface area (TPSA) is 9.23 Å². The molecule has 0 heterocycles. The first-order valence-electron chi connectivity index (χ1n) is 4.96. The van der Waals surface area contributed by atoms with Crippen LogP contribution in [0.4, 0.5) is 0 Å². The second-order valence-electron chi connectivity index (χ2n) is 3.79. The fourth-order valence-corrected chi connectivity index (χ4v) is 1.41. The molecule has 1 nitrogen and oxygen atoms in total. The summed E-state index contributed by atoms with van der Waals surface area (Å²) in [7, 11) is 0. The highest BCUT2D eigenvalue weighted by molar-refractivity contribution is 6.18. The first-order valence-corrected chi connectivity index (χ1v) is 5.49. The summed E-state index contributed by atoms with van der Waals surface area (Å²) in [5.41, 5.74) is 1.26. The van der Waals surface area contributed by atoms with E-state index in [9.17, 15) is 0 Å². The Kier molecular flexibility index (Phi) is 4.27. The van der Waals surface area contributed by atoms with Crippen LogP contribution in [0.1, 0.15) is 32.3 Å². The van der Waals surface area contributed by atoms with E-state index in [-0.39, 0.29) is 6.10 Å². The van der Waals surface area contributed by atoms with Gasteiger partial charge < -0.3 is 4.74 Å². The first-order chi connectivity index (χ1) is 6.63. The minimum atomic E-state index is 0.228. The Hall–Kier alpha value is -0.690. The average Bonchev–Trinajstić information content (AvgIpc) is 2.17. The highest BCUT2D eigenvalue weighted by Gasteiger charge is 2.04. The van der Waals surface area contributed by atoms with E-state index < -0.39 is 0 Å². The van der Waals surface area contributed by atoms with E-state index in [1.54, 1.807) is 0 Å². The molecule has 0 N–H and O–H groups in total. The van der Waals surface area contributed by atoms with Gasteiger partial charge in [0.15, 0.2) is 0 Å². The molecule has 0 aromatic heterocycles. The van der Waals surface area contributed by atoms with Crippen LogP contribution in [0.5, 0.6) is 5.75 Å². The van der Waals surface area contributed by atoms with Gasteiger partial charge in [0.25, 0.3) is 0 Å². The lowest BCUT2D eigenvalue weighted by molar-refractivity contribution is 0.242. The fourth-order valence-electron chi connectivity index (χ4n) is 1.24. The largest absolute Gasteiger partial charge is 0.491 e. The zero-order valence-electron chi connectivity index (χ0n) is 8.96. The maximum Gasteiger partial charge on any atom is 0.119 e. The van der Waals surface area contributed by atoms with Gasteiger partial charge >= 0.3 is 0 Å². The van der Waals surface area contributed by atoms with Crippen LogP contribution >= 0.6 is 11.6 Å². The quantitative estimate of drug-likeness (QED) is 0.690. The summed E-state index contributed by atoms with van der Waals surface area (Å²) in [5, 5.41) is 0. The van der Waals surface area contributed by atoms with Crippen molar-refractivity contribution in [3.63, 3.8) is 0 Å². The molecule has 0 fully saturated rings. The van der Waals surface area contributed by atoms with Crippen molar-refractivity contribution in [2.24, 2.45) is 0 Å². The van der Waals surface area contributed by atoms with E-state index in [0.717, 1.165) is 5.75 Å². The van der Waals surface area contributed by atoms with Gasteiger partial charge in [-0.2, -0.15) is 0 Å². The highest BCUT2D eigenvalue weighted by atomic mass is 35.5. The van der Waals surface area contributed by atoms with E-state index >= 15 is 0 Å². The number of hydrogen-bond donors (Lipinski definition) is 0. The molecule has 2 heteroatoms. The van der Waals surface area contributed by atoms with Crippen LogP contribution in [0, 0.1) is 0 Å². The van der Waals surface area contributed by atoms with Gasteiger partial charge in [-0.05, 0) is 37.5 Å². The van der Waals surface area contributed by atoms with Crippen LogP contribution in [-0.4, -0.2) is 12.0 Å². The molecule has 1 atom stereocenters. The van der Waals surface area contributed by atoms with Crippen LogP contribution < -0.4 is 4.74 Å². The molecule has 0 aliphatic heterocycles. The molecule has 0 amide bonds. The Morgan fingerprint density at radius 3 is 2.14 bits per heavy atom. The van der Waals surface area contributed by atoms with E-state index in [4.69, 9.17) is 16.3 Å². The van der Waals surface area contributed by atoms with Crippen molar-refractivity contribution in [2.75, 3.05) is 5.88 Å². The van der Waals surface area contributed by atoms with Crippen molar-refractivity contribution in [3.8, 4) is 5.75 Å². The van der Waals surface area contributed by atoms with Crippen molar-refractivity contribution in [1.29, 1.82) is 0 Å². The fraction of sp³-hybridized carbons (Fsp3) is 0.500. The van der Waals surface area contributed by atoms with Crippen molar-refractivity contribution >= 4 is 11.6 Å². The van der Waals surface area contributed by atoms with Crippen LogP contribution in [0.15, 0.2) is 24.3 Å². The van der Waals surface area contributed by atoms with Gasteiger partial charge in [0, 0.05) is 5.88 Å². The second kappa shape index (κ2) is 5.26. The highest BCUT2D eigenvalue weighted by Crippen LogP contribution is 2.20. The smallest absolute Gasteiger partial charge is 0.119 e. The maximum atomic E-state index is 5.78. The standard InChI is InChI=1S/C12H17ClO/c1-9(2)14-12-6-4-11(5-7-12)10(3)8-13/h4-7,9-10H,8H2,1-3H3.